The molecule has 20 heavy (non-hydrogen) atoms. The van der Waals surface area contributed by atoms with E-state index in [9.17, 15) is 4.79 Å². The summed E-state index contributed by atoms with van der Waals surface area (Å²) in [4.78, 5) is 13.9. The van der Waals surface area contributed by atoms with Crippen molar-refractivity contribution in [2.75, 3.05) is 26.8 Å². The molecule has 0 bridgehead atoms. The lowest BCUT2D eigenvalue weighted by Crippen LogP contribution is -2.43. The number of hydrogen-bond acceptors (Lipinski definition) is 4. The third-order valence-electron chi connectivity index (χ3n) is 3.38. The highest BCUT2D eigenvalue weighted by Gasteiger charge is 2.25. The van der Waals surface area contributed by atoms with E-state index in [-0.39, 0.29) is 18.1 Å². The Hall–Kier alpha value is -1.59. The van der Waals surface area contributed by atoms with E-state index in [1.54, 1.807) is 7.11 Å². The fourth-order valence-electron chi connectivity index (χ4n) is 2.32. The van der Waals surface area contributed by atoms with Gasteiger partial charge in [-0.05, 0) is 24.6 Å². The van der Waals surface area contributed by atoms with Gasteiger partial charge in [-0.25, -0.2) is 0 Å². The van der Waals surface area contributed by atoms with E-state index in [1.807, 2.05) is 36.1 Å². The highest BCUT2D eigenvalue weighted by molar-refractivity contribution is 5.76. The first-order chi connectivity index (χ1) is 9.60. The Balaban J connectivity index is 2.04. The zero-order chi connectivity index (χ0) is 14.5. The summed E-state index contributed by atoms with van der Waals surface area (Å²) in [7, 11) is 1.64. The minimum atomic E-state index is -0.111. The highest BCUT2D eigenvalue weighted by atomic mass is 16.5. The molecule has 1 fully saturated rings. The van der Waals surface area contributed by atoms with E-state index in [0.29, 0.717) is 26.1 Å². The first kappa shape index (κ1) is 14.8. The van der Waals surface area contributed by atoms with Gasteiger partial charge in [-0.2, -0.15) is 0 Å². The van der Waals surface area contributed by atoms with Gasteiger partial charge in [-0.1, -0.05) is 12.1 Å². The van der Waals surface area contributed by atoms with Crippen molar-refractivity contribution in [2.45, 2.75) is 25.5 Å². The first-order valence-corrected chi connectivity index (χ1v) is 6.89. The van der Waals surface area contributed by atoms with Crippen LogP contribution < -0.4 is 10.5 Å². The van der Waals surface area contributed by atoms with E-state index in [1.165, 1.54) is 0 Å². The van der Waals surface area contributed by atoms with Crippen LogP contribution in [-0.4, -0.2) is 43.7 Å². The molecule has 1 saturated heterocycles. The molecule has 1 aromatic carbocycles. The van der Waals surface area contributed by atoms with Gasteiger partial charge in [0.25, 0.3) is 0 Å². The summed E-state index contributed by atoms with van der Waals surface area (Å²) in [5.74, 6) is 0.890. The number of carbonyl (C=O) groups is 1. The number of benzene rings is 1. The molecule has 2 atom stereocenters. The molecular formula is C15H22N2O3. The first-order valence-electron chi connectivity index (χ1n) is 6.89. The molecule has 5 nitrogen and oxygen atoms in total. The molecule has 0 aromatic heterocycles. The molecule has 1 aliphatic heterocycles. The summed E-state index contributed by atoms with van der Waals surface area (Å²) in [5.41, 5.74) is 6.72. The summed E-state index contributed by atoms with van der Waals surface area (Å²) in [6.45, 7) is 3.59. The molecule has 5 heteroatoms. The van der Waals surface area contributed by atoms with Crippen molar-refractivity contribution in [3.63, 3.8) is 0 Å². The number of ether oxygens (including phenoxy) is 2. The number of nitrogens with two attached hydrogens (primary N) is 1. The lowest BCUT2D eigenvalue weighted by Gasteiger charge is -2.33. The Morgan fingerprint density at radius 2 is 2.40 bits per heavy atom. The summed E-state index contributed by atoms with van der Waals surface area (Å²) in [6, 6.07) is 7.66. The second-order valence-electron chi connectivity index (χ2n) is 5.16. The van der Waals surface area contributed by atoms with Crippen molar-refractivity contribution in [2.24, 2.45) is 5.73 Å². The van der Waals surface area contributed by atoms with E-state index >= 15 is 0 Å². The summed E-state index contributed by atoms with van der Waals surface area (Å²) in [5, 5.41) is 0. The van der Waals surface area contributed by atoms with Gasteiger partial charge in [0.2, 0.25) is 5.91 Å². The molecule has 1 amide bonds. The van der Waals surface area contributed by atoms with Crippen molar-refractivity contribution < 1.29 is 14.3 Å². The Kier molecular flexibility index (Phi) is 4.98. The highest BCUT2D eigenvalue weighted by Crippen LogP contribution is 2.25. The van der Waals surface area contributed by atoms with Crippen LogP contribution in [0.5, 0.6) is 5.75 Å². The van der Waals surface area contributed by atoms with Crippen LogP contribution in [-0.2, 0) is 9.53 Å². The SMILES string of the molecule is COc1cccc(C2CN(C(=O)CC(C)N)CCO2)c1. The van der Waals surface area contributed by atoms with Gasteiger partial charge in [0.15, 0.2) is 0 Å². The molecule has 1 aliphatic rings. The summed E-state index contributed by atoms with van der Waals surface area (Å²) < 4.78 is 11.0. The van der Waals surface area contributed by atoms with Crippen molar-refractivity contribution in [3.8, 4) is 5.75 Å². The molecular weight excluding hydrogens is 256 g/mol. The Bertz CT molecular complexity index is 462. The minimum absolute atomic E-state index is 0.0937. The maximum atomic E-state index is 12.1. The Morgan fingerprint density at radius 3 is 3.10 bits per heavy atom. The summed E-state index contributed by atoms with van der Waals surface area (Å²) in [6.07, 6.45) is 0.279. The van der Waals surface area contributed by atoms with Crippen molar-refractivity contribution in [3.05, 3.63) is 29.8 Å². The molecule has 0 aliphatic carbocycles. The van der Waals surface area contributed by atoms with Crippen LogP contribution in [0.3, 0.4) is 0 Å². The molecule has 2 rings (SSSR count). The number of morpholine rings is 1. The van der Waals surface area contributed by atoms with Crippen molar-refractivity contribution in [1.29, 1.82) is 0 Å². The second kappa shape index (κ2) is 6.72. The zero-order valence-corrected chi connectivity index (χ0v) is 12.0. The van der Waals surface area contributed by atoms with Crippen LogP contribution in [0.25, 0.3) is 0 Å². The standard InChI is InChI=1S/C15H22N2O3/c1-11(16)8-15(18)17-6-7-20-14(10-17)12-4-3-5-13(9-12)19-2/h3-5,9,11,14H,6-8,10,16H2,1-2H3. The number of carbonyl (C=O) groups excluding carboxylic acids is 1. The van der Waals surface area contributed by atoms with Gasteiger partial charge in [0, 0.05) is 19.0 Å². The van der Waals surface area contributed by atoms with E-state index in [2.05, 4.69) is 0 Å². The number of methoxy groups -OCH3 is 1. The fraction of sp³-hybridized carbons (Fsp3) is 0.533. The van der Waals surface area contributed by atoms with Gasteiger partial charge in [0.05, 0.1) is 20.3 Å². The predicted molar refractivity (Wildman–Crippen MR) is 76.5 cm³/mol. The zero-order valence-electron chi connectivity index (χ0n) is 12.0. The Labute approximate surface area is 119 Å². The predicted octanol–water partition coefficient (Wildman–Crippen LogP) is 1.33. The number of hydrogen-bond donors (Lipinski definition) is 1. The number of amides is 1. The average Bonchev–Trinajstić information content (AvgIpc) is 2.47. The topological polar surface area (TPSA) is 64.8 Å². The molecule has 1 heterocycles. The lowest BCUT2D eigenvalue weighted by atomic mass is 10.1. The maximum Gasteiger partial charge on any atom is 0.224 e. The van der Waals surface area contributed by atoms with Crippen LogP contribution in [0.2, 0.25) is 0 Å². The van der Waals surface area contributed by atoms with Crippen LogP contribution in [0.1, 0.15) is 25.0 Å². The lowest BCUT2D eigenvalue weighted by molar-refractivity contribution is -0.139. The molecule has 2 N–H and O–H groups in total. The maximum absolute atomic E-state index is 12.1. The van der Waals surface area contributed by atoms with E-state index in [0.717, 1.165) is 11.3 Å². The normalized spacial score (nSPS) is 20.6. The molecule has 1 aromatic rings. The van der Waals surface area contributed by atoms with Crippen LogP contribution in [0.4, 0.5) is 0 Å². The average molecular weight is 278 g/mol. The monoisotopic (exact) mass is 278 g/mol. The number of rotatable bonds is 4. The third-order valence-corrected chi connectivity index (χ3v) is 3.38. The third kappa shape index (κ3) is 3.71. The molecule has 110 valence electrons. The quantitative estimate of drug-likeness (QED) is 0.902. The molecule has 0 spiro atoms. The minimum Gasteiger partial charge on any atom is -0.497 e. The van der Waals surface area contributed by atoms with E-state index < -0.39 is 0 Å². The second-order valence-corrected chi connectivity index (χ2v) is 5.16. The Morgan fingerprint density at radius 1 is 1.60 bits per heavy atom. The van der Waals surface area contributed by atoms with Gasteiger partial charge < -0.3 is 20.1 Å². The van der Waals surface area contributed by atoms with Crippen LogP contribution in [0, 0.1) is 0 Å². The van der Waals surface area contributed by atoms with Gasteiger partial charge in [-0.3, -0.25) is 4.79 Å². The molecule has 0 saturated carbocycles. The van der Waals surface area contributed by atoms with E-state index in [4.69, 9.17) is 15.2 Å². The van der Waals surface area contributed by atoms with Crippen molar-refractivity contribution in [1.82, 2.24) is 4.90 Å². The van der Waals surface area contributed by atoms with Gasteiger partial charge in [0.1, 0.15) is 11.9 Å². The number of nitrogens with zero attached hydrogens (tertiary/aromatic N) is 1. The van der Waals surface area contributed by atoms with Gasteiger partial charge >= 0.3 is 0 Å². The van der Waals surface area contributed by atoms with Crippen LogP contribution >= 0.6 is 0 Å². The van der Waals surface area contributed by atoms with Gasteiger partial charge in [-0.15, -0.1) is 0 Å². The fourth-order valence-corrected chi connectivity index (χ4v) is 2.32. The smallest absolute Gasteiger partial charge is 0.224 e. The van der Waals surface area contributed by atoms with Crippen molar-refractivity contribution >= 4 is 5.91 Å². The molecule has 0 radical (unpaired) electrons. The van der Waals surface area contributed by atoms with Crippen LogP contribution in [0.15, 0.2) is 24.3 Å². The summed E-state index contributed by atoms with van der Waals surface area (Å²) >= 11 is 0. The largest absolute Gasteiger partial charge is 0.497 e. The molecule has 2 unspecified atom stereocenters.